The molecule has 4 N–H and O–H groups in total. The lowest BCUT2D eigenvalue weighted by Gasteiger charge is -2.14. The second-order valence-corrected chi connectivity index (χ2v) is 5.80. The molecule has 0 fully saturated rings. The third kappa shape index (κ3) is 2.97. The van der Waals surface area contributed by atoms with Crippen molar-refractivity contribution in [3.63, 3.8) is 0 Å². The number of nitrogens with two attached hydrogens (primary N) is 1. The van der Waals surface area contributed by atoms with E-state index in [9.17, 15) is 4.79 Å². The van der Waals surface area contributed by atoms with Gasteiger partial charge < -0.3 is 10.7 Å². The number of para-hydroxylation sites is 1. The largest absolute Gasteiger partial charge is 0.345 e. The lowest BCUT2D eigenvalue weighted by atomic mass is 10.1. The highest BCUT2D eigenvalue weighted by molar-refractivity contribution is 7.11. The van der Waals surface area contributed by atoms with Crippen LogP contribution in [-0.4, -0.2) is 10.9 Å². The van der Waals surface area contributed by atoms with Gasteiger partial charge in [0.1, 0.15) is 0 Å². The van der Waals surface area contributed by atoms with Gasteiger partial charge in [-0.05, 0) is 32.9 Å². The van der Waals surface area contributed by atoms with Crippen molar-refractivity contribution in [2.45, 2.75) is 26.8 Å². The molecule has 1 unspecified atom stereocenters. The zero-order chi connectivity index (χ0) is 14.7. The summed E-state index contributed by atoms with van der Waals surface area (Å²) in [6.45, 7) is 5.87. The number of aromatic nitrogens is 1. The number of nitrogens with one attached hydrogen (secondary N) is 2. The van der Waals surface area contributed by atoms with Crippen LogP contribution in [0.5, 0.6) is 0 Å². The molecule has 1 atom stereocenters. The summed E-state index contributed by atoms with van der Waals surface area (Å²) < 4.78 is 0. The molecule has 0 aliphatic rings. The molecular weight excluding hydrogens is 272 g/mol. The molecule has 1 heterocycles. The predicted octanol–water partition coefficient (Wildman–Crippen LogP) is 2.54. The Kier molecular flexibility index (Phi) is 4.36. The number of aryl methyl sites for hydroxylation is 2. The monoisotopic (exact) mass is 290 g/mol. The van der Waals surface area contributed by atoms with E-state index in [0.29, 0.717) is 11.3 Å². The van der Waals surface area contributed by atoms with Gasteiger partial charge in [-0.1, -0.05) is 12.1 Å². The van der Waals surface area contributed by atoms with E-state index in [2.05, 4.69) is 15.7 Å². The van der Waals surface area contributed by atoms with Gasteiger partial charge in [0.2, 0.25) is 0 Å². The van der Waals surface area contributed by atoms with Crippen molar-refractivity contribution in [2.24, 2.45) is 5.84 Å². The maximum absolute atomic E-state index is 12.3. The normalized spacial score (nSPS) is 12.0. The van der Waals surface area contributed by atoms with E-state index in [1.165, 1.54) is 0 Å². The van der Waals surface area contributed by atoms with Crippen molar-refractivity contribution in [3.8, 4) is 0 Å². The Hall–Kier alpha value is -1.92. The van der Waals surface area contributed by atoms with Gasteiger partial charge in [-0.15, -0.1) is 11.3 Å². The van der Waals surface area contributed by atoms with Crippen LogP contribution in [-0.2, 0) is 0 Å². The van der Waals surface area contributed by atoms with Crippen molar-refractivity contribution in [1.29, 1.82) is 0 Å². The number of hydrazine groups is 1. The van der Waals surface area contributed by atoms with Gasteiger partial charge in [0.25, 0.3) is 5.91 Å². The van der Waals surface area contributed by atoms with Crippen LogP contribution in [0.15, 0.2) is 24.3 Å². The van der Waals surface area contributed by atoms with E-state index in [-0.39, 0.29) is 11.9 Å². The Labute approximate surface area is 122 Å². The maximum atomic E-state index is 12.3. The van der Waals surface area contributed by atoms with E-state index >= 15 is 0 Å². The molecule has 0 bridgehead atoms. The number of carbonyl (C=O) groups is 1. The fraction of sp³-hybridized carbons (Fsp3) is 0.286. The highest BCUT2D eigenvalue weighted by Gasteiger charge is 2.17. The third-order valence-corrected chi connectivity index (χ3v) is 4.26. The van der Waals surface area contributed by atoms with Gasteiger partial charge in [0.05, 0.1) is 28.0 Å². The van der Waals surface area contributed by atoms with Crippen LogP contribution in [0, 0.1) is 13.8 Å². The average Bonchev–Trinajstić information content (AvgIpc) is 2.77. The second-order valence-electron chi connectivity index (χ2n) is 4.57. The smallest absolute Gasteiger partial charge is 0.253 e. The van der Waals surface area contributed by atoms with Crippen molar-refractivity contribution >= 4 is 22.9 Å². The van der Waals surface area contributed by atoms with Crippen molar-refractivity contribution in [2.75, 3.05) is 5.43 Å². The van der Waals surface area contributed by atoms with E-state index in [1.54, 1.807) is 23.5 Å². The molecule has 0 radical (unpaired) electrons. The summed E-state index contributed by atoms with van der Waals surface area (Å²) in [6.07, 6.45) is 0. The van der Waals surface area contributed by atoms with Gasteiger partial charge in [0.15, 0.2) is 0 Å². The fourth-order valence-corrected chi connectivity index (χ4v) is 3.03. The summed E-state index contributed by atoms with van der Waals surface area (Å²) in [4.78, 5) is 17.8. The van der Waals surface area contributed by atoms with Gasteiger partial charge in [-0.25, -0.2) is 4.98 Å². The number of amides is 1. The van der Waals surface area contributed by atoms with Gasteiger partial charge in [0, 0.05) is 4.88 Å². The molecule has 0 saturated heterocycles. The molecule has 0 saturated carbocycles. The standard InChI is InChI=1S/C14H18N4OS/c1-8-13(20-10(3)16-8)9(2)17-14(19)11-6-4-5-7-12(11)18-15/h4-7,9,18H,15H2,1-3H3,(H,17,19). The molecule has 20 heavy (non-hydrogen) atoms. The molecule has 1 amide bonds. The van der Waals surface area contributed by atoms with E-state index in [1.807, 2.05) is 32.9 Å². The first-order chi connectivity index (χ1) is 9.52. The Morgan fingerprint density at radius 1 is 1.35 bits per heavy atom. The molecular formula is C14H18N4OS. The number of nitrogens with zero attached hydrogens (tertiary/aromatic N) is 1. The van der Waals surface area contributed by atoms with E-state index < -0.39 is 0 Å². The first kappa shape index (κ1) is 14.5. The average molecular weight is 290 g/mol. The molecule has 5 nitrogen and oxygen atoms in total. The predicted molar refractivity (Wildman–Crippen MR) is 81.7 cm³/mol. The van der Waals surface area contributed by atoms with Crippen molar-refractivity contribution in [1.82, 2.24) is 10.3 Å². The van der Waals surface area contributed by atoms with Crippen LogP contribution in [0.25, 0.3) is 0 Å². The van der Waals surface area contributed by atoms with Crippen molar-refractivity contribution in [3.05, 3.63) is 45.4 Å². The molecule has 0 aliphatic heterocycles. The molecule has 2 rings (SSSR count). The van der Waals surface area contributed by atoms with E-state index in [0.717, 1.165) is 15.6 Å². The highest BCUT2D eigenvalue weighted by Crippen LogP contribution is 2.25. The highest BCUT2D eigenvalue weighted by atomic mass is 32.1. The number of benzene rings is 1. The van der Waals surface area contributed by atoms with Gasteiger partial charge in [-0.3, -0.25) is 10.6 Å². The summed E-state index contributed by atoms with van der Waals surface area (Å²) in [5, 5.41) is 3.98. The van der Waals surface area contributed by atoms with E-state index in [4.69, 9.17) is 5.84 Å². The molecule has 6 heteroatoms. The lowest BCUT2D eigenvalue weighted by Crippen LogP contribution is -2.27. The minimum absolute atomic E-state index is 0.0838. The Bertz CT molecular complexity index is 623. The summed E-state index contributed by atoms with van der Waals surface area (Å²) in [7, 11) is 0. The molecule has 1 aromatic carbocycles. The minimum atomic E-state index is -0.156. The zero-order valence-electron chi connectivity index (χ0n) is 11.7. The minimum Gasteiger partial charge on any atom is -0.345 e. The third-order valence-electron chi connectivity index (χ3n) is 3.01. The Morgan fingerprint density at radius 2 is 2.05 bits per heavy atom. The number of anilines is 1. The fourth-order valence-electron chi connectivity index (χ4n) is 2.10. The number of rotatable bonds is 4. The molecule has 2 aromatic rings. The molecule has 106 valence electrons. The number of hydrogen-bond donors (Lipinski definition) is 3. The molecule has 0 spiro atoms. The number of hydrogen-bond acceptors (Lipinski definition) is 5. The maximum Gasteiger partial charge on any atom is 0.253 e. The number of thiazole rings is 1. The summed E-state index contributed by atoms with van der Waals surface area (Å²) in [5.74, 6) is 5.26. The van der Waals surface area contributed by atoms with Crippen LogP contribution in [0.4, 0.5) is 5.69 Å². The van der Waals surface area contributed by atoms with Gasteiger partial charge in [-0.2, -0.15) is 0 Å². The van der Waals surface area contributed by atoms with Crippen LogP contribution in [0.1, 0.15) is 38.9 Å². The number of carbonyl (C=O) groups excluding carboxylic acids is 1. The summed E-state index contributed by atoms with van der Waals surface area (Å²) in [5.41, 5.74) is 4.63. The van der Waals surface area contributed by atoms with Crippen LogP contribution >= 0.6 is 11.3 Å². The lowest BCUT2D eigenvalue weighted by molar-refractivity contribution is 0.0941. The SMILES string of the molecule is Cc1nc(C)c(C(C)NC(=O)c2ccccc2NN)s1. The first-order valence-electron chi connectivity index (χ1n) is 6.33. The summed E-state index contributed by atoms with van der Waals surface area (Å²) >= 11 is 1.60. The quantitative estimate of drug-likeness (QED) is 0.597. The summed E-state index contributed by atoms with van der Waals surface area (Å²) in [6, 6.07) is 7.05. The van der Waals surface area contributed by atoms with Crippen LogP contribution < -0.4 is 16.6 Å². The second kappa shape index (κ2) is 6.02. The topological polar surface area (TPSA) is 80.0 Å². The zero-order valence-corrected chi connectivity index (χ0v) is 12.5. The Morgan fingerprint density at radius 3 is 2.65 bits per heavy atom. The first-order valence-corrected chi connectivity index (χ1v) is 7.15. The number of nitrogen functional groups attached to an aromatic ring is 1. The molecule has 1 aromatic heterocycles. The Balaban J connectivity index is 2.17. The van der Waals surface area contributed by atoms with Crippen LogP contribution in [0.2, 0.25) is 0 Å². The van der Waals surface area contributed by atoms with Crippen LogP contribution in [0.3, 0.4) is 0 Å². The van der Waals surface area contributed by atoms with Crippen molar-refractivity contribution < 1.29 is 4.79 Å². The molecule has 0 aliphatic carbocycles. The van der Waals surface area contributed by atoms with Gasteiger partial charge >= 0.3 is 0 Å².